The lowest BCUT2D eigenvalue weighted by Gasteiger charge is -2.25. The molecule has 0 bridgehead atoms. The minimum atomic E-state index is -0.280. The Morgan fingerprint density at radius 1 is 1.22 bits per heavy atom. The van der Waals surface area contributed by atoms with Crippen molar-refractivity contribution in [2.24, 2.45) is 0 Å². The van der Waals surface area contributed by atoms with Crippen molar-refractivity contribution < 1.29 is 9.18 Å². The fourth-order valence-corrected chi connectivity index (χ4v) is 3.04. The van der Waals surface area contributed by atoms with Crippen LogP contribution in [0.25, 0.3) is 0 Å². The second-order valence-corrected chi connectivity index (χ2v) is 6.40. The molecule has 1 unspecified atom stereocenters. The average molecular weight is 333 g/mol. The smallest absolute Gasteiger partial charge is 0.233 e. The summed E-state index contributed by atoms with van der Waals surface area (Å²) in [6, 6.07) is 7.98. The van der Waals surface area contributed by atoms with Gasteiger partial charge in [0.05, 0.1) is 11.8 Å². The number of nitrogens with zero attached hydrogens (tertiary/aromatic N) is 3. The van der Waals surface area contributed by atoms with Crippen LogP contribution < -0.4 is 0 Å². The number of aryl methyl sites for hydroxylation is 2. The van der Waals surface area contributed by atoms with Crippen molar-refractivity contribution in [2.75, 3.05) is 12.8 Å². The summed E-state index contributed by atoms with van der Waals surface area (Å²) in [7, 11) is 1.75. The molecule has 1 aromatic heterocycles. The van der Waals surface area contributed by atoms with Crippen molar-refractivity contribution in [3.05, 3.63) is 53.1 Å². The van der Waals surface area contributed by atoms with Crippen molar-refractivity contribution in [3.8, 4) is 0 Å². The molecule has 0 spiro atoms. The summed E-state index contributed by atoms with van der Waals surface area (Å²) in [5, 5.41) is 0.610. The number of hydrogen-bond donors (Lipinski definition) is 0. The first-order valence-electron chi connectivity index (χ1n) is 7.33. The molecule has 0 N–H and O–H groups in total. The first-order valence-corrected chi connectivity index (χ1v) is 8.31. The highest BCUT2D eigenvalue weighted by Crippen LogP contribution is 2.21. The summed E-state index contributed by atoms with van der Waals surface area (Å²) < 4.78 is 13.0. The van der Waals surface area contributed by atoms with Crippen LogP contribution in [0.5, 0.6) is 0 Å². The van der Waals surface area contributed by atoms with E-state index >= 15 is 0 Å². The summed E-state index contributed by atoms with van der Waals surface area (Å²) in [6.07, 6.45) is 0. The van der Waals surface area contributed by atoms with E-state index < -0.39 is 0 Å². The maximum Gasteiger partial charge on any atom is 0.233 e. The van der Waals surface area contributed by atoms with E-state index in [0.717, 1.165) is 17.0 Å². The first kappa shape index (κ1) is 17.4. The normalized spacial score (nSPS) is 12.0. The minimum absolute atomic E-state index is 0.0189. The molecular formula is C17H20FN3OS. The van der Waals surface area contributed by atoms with Gasteiger partial charge in [0, 0.05) is 18.4 Å². The zero-order valence-corrected chi connectivity index (χ0v) is 14.5. The van der Waals surface area contributed by atoms with Gasteiger partial charge in [0.15, 0.2) is 5.16 Å². The molecule has 0 aliphatic heterocycles. The van der Waals surface area contributed by atoms with E-state index in [1.54, 1.807) is 24.1 Å². The minimum Gasteiger partial charge on any atom is -0.338 e. The van der Waals surface area contributed by atoms with Crippen LogP contribution >= 0.6 is 11.8 Å². The Labute approximate surface area is 140 Å². The molecular weight excluding hydrogens is 313 g/mol. The number of amides is 1. The summed E-state index contributed by atoms with van der Waals surface area (Å²) in [6.45, 7) is 5.73. The molecule has 0 aliphatic carbocycles. The Balaban J connectivity index is 1.97. The topological polar surface area (TPSA) is 46.1 Å². The van der Waals surface area contributed by atoms with Crippen LogP contribution in [-0.2, 0) is 4.79 Å². The third-order valence-corrected chi connectivity index (χ3v) is 4.45. The SMILES string of the molecule is Cc1cc(C)nc(SCC(=O)N(C)C(C)c2ccc(F)cc2)n1. The molecule has 1 aromatic carbocycles. The third-order valence-electron chi connectivity index (χ3n) is 3.61. The number of hydrogen-bond acceptors (Lipinski definition) is 4. The van der Waals surface area contributed by atoms with E-state index in [9.17, 15) is 9.18 Å². The third kappa shape index (κ3) is 4.76. The Morgan fingerprint density at radius 3 is 2.35 bits per heavy atom. The second-order valence-electron chi connectivity index (χ2n) is 5.45. The lowest BCUT2D eigenvalue weighted by Crippen LogP contribution is -2.31. The Morgan fingerprint density at radius 2 is 1.78 bits per heavy atom. The van der Waals surface area contributed by atoms with E-state index in [-0.39, 0.29) is 23.5 Å². The molecule has 122 valence electrons. The van der Waals surface area contributed by atoms with Crippen LogP contribution in [0.1, 0.15) is 29.9 Å². The van der Waals surface area contributed by atoms with Crippen LogP contribution in [-0.4, -0.2) is 33.6 Å². The summed E-state index contributed by atoms with van der Waals surface area (Å²) >= 11 is 1.33. The van der Waals surface area contributed by atoms with Gasteiger partial charge in [-0.3, -0.25) is 4.79 Å². The Hall–Kier alpha value is -1.95. The van der Waals surface area contributed by atoms with Gasteiger partial charge in [0.2, 0.25) is 5.91 Å². The molecule has 1 amide bonds. The van der Waals surface area contributed by atoms with Crippen LogP contribution in [0.15, 0.2) is 35.5 Å². The van der Waals surface area contributed by atoms with E-state index in [4.69, 9.17) is 0 Å². The Kier molecular flexibility index (Phi) is 5.71. The number of thioether (sulfide) groups is 1. The molecule has 0 saturated heterocycles. The molecule has 23 heavy (non-hydrogen) atoms. The number of carbonyl (C=O) groups is 1. The standard InChI is InChI=1S/C17H20FN3OS/c1-11-9-12(2)20-17(19-11)23-10-16(22)21(4)13(3)14-5-7-15(18)8-6-14/h5-9,13H,10H2,1-4H3. The second kappa shape index (κ2) is 7.55. The molecule has 0 fully saturated rings. The van der Waals surface area contributed by atoms with E-state index in [0.29, 0.717) is 5.16 Å². The number of aromatic nitrogens is 2. The predicted molar refractivity (Wildman–Crippen MR) is 89.8 cm³/mol. The number of benzene rings is 1. The van der Waals surface area contributed by atoms with Crippen molar-refractivity contribution in [2.45, 2.75) is 32.0 Å². The van der Waals surface area contributed by atoms with E-state index in [2.05, 4.69) is 9.97 Å². The highest BCUT2D eigenvalue weighted by Gasteiger charge is 2.18. The fourth-order valence-electron chi connectivity index (χ4n) is 2.17. The lowest BCUT2D eigenvalue weighted by molar-refractivity contribution is -0.128. The molecule has 2 aromatic rings. The number of carbonyl (C=O) groups excluding carboxylic acids is 1. The lowest BCUT2D eigenvalue weighted by atomic mass is 10.1. The molecule has 4 nitrogen and oxygen atoms in total. The highest BCUT2D eigenvalue weighted by atomic mass is 32.2. The maximum absolute atomic E-state index is 13.0. The molecule has 2 rings (SSSR count). The van der Waals surface area contributed by atoms with E-state index in [1.165, 1.54) is 23.9 Å². The van der Waals surface area contributed by atoms with Crippen LogP contribution in [0.2, 0.25) is 0 Å². The molecule has 0 aliphatic rings. The monoisotopic (exact) mass is 333 g/mol. The quantitative estimate of drug-likeness (QED) is 0.620. The first-order chi connectivity index (χ1) is 10.9. The van der Waals surface area contributed by atoms with E-state index in [1.807, 2.05) is 26.8 Å². The summed E-state index contributed by atoms with van der Waals surface area (Å²) in [5.41, 5.74) is 2.68. The van der Waals surface area contributed by atoms with Crippen LogP contribution in [0.4, 0.5) is 4.39 Å². The molecule has 1 heterocycles. The van der Waals surface area contributed by atoms with Gasteiger partial charge < -0.3 is 4.90 Å². The van der Waals surface area contributed by atoms with Crippen molar-refractivity contribution in [3.63, 3.8) is 0 Å². The zero-order chi connectivity index (χ0) is 17.0. The maximum atomic E-state index is 13.0. The predicted octanol–water partition coefficient (Wildman–Crippen LogP) is 3.54. The van der Waals surface area contributed by atoms with Crippen molar-refractivity contribution >= 4 is 17.7 Å². The van der Waals surface area contributed by atoms with Gasteiger partial charge in [-0.15, -0.1) is 0 Å². The number of rotatable bonds is 5. The van der Waals surface area contributed by atoms with Crippen LogP contribution in [0.3, 0.4) is 0 Å². The van der Waals surface area contributed by atoms with Crippen molar-refractivity contribution in [1.82, 2.24) is 14.9 Å². The largest absolute Gasteiger partial charge is 0.338 e. The van der Waals surface area contributed by atoms with Gasteiger partial charge in [-0.2, -0.15) is 0 Å². The highest BCUT2D eigenvalue weighted by molar-refractivity contribution is 7.99. The van der Waals surface area contributed by atoms with Gasteiger partial charge in [-0.25, -0.2) is 14.4 Å². The van der Waals surface area contributed by atoms with Gasteiger partial charge in [0.25, 0.3) is 0 Å². The van der Waals surface area contributed by atoms with Crippen LogP contribution in [0, 0.1) is 19.7 Å². The molecule has 1 atom stereocenters. The van der Waals surface area contributed by atoms with Crippen molar-refractivity contribution in [1.29, 1.82) is 0 Å². The Bertz CT molecular complexity index is 670. The van der Waals surface area contributed by atoms with Gasteiger partial charge in [-0.1, -0.05) is 23.9 Å². The zero-order valence-electron chi connectivity index (χ0n) is 13.7. The average Bonchev–Trinajstić information content (AvgIpc) is 2.51. The van der Waals surface area contributed by atoms with Gasteiger partial charge in [-0.05, 0) is 44.5 Å². The fraction of sp³-hybridized carbons (Fsp3) is 0.353. The van der Waals surface area contributed by atoms with Gasteiger partial charge >= 0.3 is 0 Å². The summed E-state index contributed by atoms with van der Waals surface area (Å²) in [5.74, 6) is -0.0303. The van der Waals surface area contributed by atoms with Gasteiger partial charge in [0.1, 0.15) is 5.82 Å². The molecule has 0 saturated carbocycles. The molecule has 6 heteroatoms. The molecule has 0 radical (unpaired) electrons. The number of halogens is 1. The summed E-state index contributed by atoms with van der Waals surface area (Å²) in [4.78, 5) is 22.6.